The monoisotopic (exact) mass is 352 g/mol. The van der Waals surface area contributed by atoms with E-state index in [-0.39, 0.29) is 4.90 Å². The van der Waals surface area contributed by atoms with Crippen LogP contribution < -0.4 is 4.72 Å². The number of benzene rings is 2. The van der Waals surface area contributed by atoms with Gasteiger partial charge in [0.15, 0.2) is 5.82 Å². The van der Waals surface area contributed by atoms with E-state index in [1.807, 2.05) is 29.9 Å². The van der Waals surface area contributed by atoms with Crippen LogP contribution in [0.2, 0.25) is 0 Å². The number of rotatable bonds is 4. The maximum Gasteiger partial charge on any atom is 0.261 e. The van der Waals surface area contributed by atoms with Gasteiger partial charge in [-0.25, -0.2) is 13.4 Å². The van der Waals surface area contributed by atoms with Gasteiger partial charge in [0.1, 0.15) is 0 Å². The van der Waals surface area contributed by atoms with Crippen molar-refractivity contribution in [3.05, 3.63) is 66.9 Å². The Balaban J connectivity index is 1.69. The van der Waals surface area contributed by atoms with Crippen molar-refractivity contribution in [1.29, 1.82) is 0 Å². The number of imidazole rings is 1. The summed E-state index contributed by atoms with van der Waals surface area (Å²) in [6.45, 7) is 0. The predicted octanol–water partition coefficient (Wildman–Crippen LogP) is 3.37. The van der Waals surface area contributed by atoms with Gasteiger partial charge >= 0.3 is 0 Å². The molecular weight excluding hydrogens is 336 g/mol. The summed E-state index contributed by atoms with van der Waals surface area (Å²) in [6.07, 6.45) is 1.95. The summed E-state index contributed by atoms with van der Waals surface area (Å²) in [6, 6.07) is 17.4. The third-order valence-electron chi connectivity index (χ3n) is 3.97. The second-order valence-electron chi connectivity index (χ2n) is 5.74. The lowest BCUT2D eigenvalue weighted by Gasteiger charge is -2.07. The molecule has 25 heavy (non-hydrogen) atoms. The van der Waals surface area contributed by atoms with Gasteiger partial charge in [-0.2, -0.15) is 0 Å². The molecule has 0 saturated carbocycles. The molecule has 0 fully saturated rings. The van der Waals surface area contributed by atoms with Crippen molar-refractivity contribution in [2.45, 2.75) is 4.90 Å². The number of anilines is 1. The van der Waals surface area contributed by atoms with Crippen molar-refractivity contribution in [1.82, 2.24) is 14.5 Å². The van der Waals surface area contributed by atoms with E-state index in [0.29, 0.717) is 5.69 Å². The molecule has 0 radical (unpaired) electrons. The molecular formula is C18H16N4O2S. The van der Waals surface area contributed by atoms with Crippen LogP contribution in [0, 0.1) is 0 Å². The molecule has 4 aromatic rings. The van der Waals surface area contributed by atoms with E-state index in [2.05, 4.69) is 14.7 Å². The van der Waals surface area contributed by atoms with Crippen molar-refractivity contribution < 1.29 is 8.42 Å². The second-order valence-corrected chi connectivity index (χ2v) is 7.42. The van der Waals surface area contributed by atoms with Crippen LogP contribution in [-0.2, 0) is 17.1 Å². The second kappa shape index (κ2) is 5.78. The Kier molecular flexibility index (Phi) is 3.58. The molecule has 0 unspecified atom stereocenters. The Labute approximate surface area is 145 Å². The van der Waals surface area contributed by atoms with E-state index in [1.54, 1.807) is 48.5 Å². The number of aromatic nitrogens is 3. The number of aromatic amines is 1. The molecule has 0 spiro atoms. The topological polar surface area (TPSA) is 79.8 Å². The minimum Gasteiger partial charge on any atom is -0.348 e. The molecule has 0 saturated heterocycles. The van der Waals surface area contributed by atoms with Crippen molar-refractivity contribution in [2.75, 3.05) is 4.72 Å². The van der Waals surface area contributed by atoms with Gasteiger partial charge in [0.2, 0.25) is 0 Å². The smallest absolute Gasteiger partial charge is 0.261 e. The summed E-state index contributed by atoms with van der Waals surface area (Å²) in [7, 11) is -1.67. The molecule has 0 aliphatic rings. The first kappa shape index (κ1) is 15.5. The van der Waals surface area contributed by atoms with Crippen LogP contribution in [0.4, 0.5) is 5.69 Å². The predicted molar refractivity (Wildman–Crippen MR) is 97.8 cm³/mol. The van der Waals surface area contributed by atoms with Gasteiger partial charge in [-0.1, -0.05) is 18.2 Å². The average molecular weight is 352 g/mol. The van der Waals surface area contributed by atoms with E-state index in [1.165, 1.54) is 0 Å². The lowest BCUT2D eigenvalue weighted by atomic mass is 10.3. The maximum atomic E-state index is 12.4. The van der Waals surface area contributed by atoms with E-state index >= 15 is 0 Å². The zero-order valence-corrected chi connectivity index (χ0v) is 14.3. The van der Waals surface area contributed by atoms with Crippen LogP contribution >= 0.6 is 0 Å². The normalized spacial score (nSPS) is 11.7. The molecule has 6 nitrogen and oxygen atoms in total. The summed E-state index contributed by atoms with van der Waals surface area (Å²) in [4.78, 5) is 8.02. The highest BCUT2D eigenvalue weighted by molar-refractivity contribution is 7.92. The molecule has 0 aliphatic heterocycles. The third kappa shape index (κ3) is 2.89. The summed E-state index contributed by atoms with van der Waals surface area (Å²) in [5.41, 5.74) is 2.99. The number of nitrogens with one attached hydrogen (secondary N) is 2. The SMILES string of the molecule is Cn1cccc1-c1nc2ccc(NS(=O)(=O)c3ccccc3)cc2[nH]1. The van der Waals surface area contributed by atoms with E-state index < -0.39 is 10.0 Å². The first-order chi connectivity index (χ1) is 12.0. The standard InChI is InChI=1S/C18H16N4O2S/c1-22-11-5-8-17(22)18-19-15-10-9-13(12-16(15)20-18)21-25(23,24)14-6-3-2-4-7-14/h2-12,21H,1H3,(H,19,20). The van der Waals surface area contributed by atoms with Crippen molar-refractivity contribution in [2.24, 2.45) is 7.05 Å². The molecule has 2 N–H and O–H groups in total. The van der Waals surface area contributed by atoms with Crippen LogP contribution in [0.1, 0.15) is 0 Å². The van der Waals surface area contributed by atoms with Crippen LogP contribution in [-0.4, -0.2) is 23.0 Å². The maximum absolute atomic E-state index is 12.4. The fourth-order valence-electron chi connectivity index (χ4n) is 2.72. The number of aryl methyl sites for hydroxylation is 1. The fourth-order valence-corrected chi connectivity index (χ4v) is 3.79. The molecule has 0 bridgehead atoms. The first-order valence-electron chi connectivity index (χ1n) is 7.72. The van der Waals surface area contributed by atoms with Gasteiger partial charge in [0.25, 0.3) is 10.0 Å². The first-order valence-corrected chi connectivity index (χ1v) is 9.21. The molecule has 2 heterocycles. The van der Waals surface area contributed by atoms with Crippen LogP contribution in [0.25, 0.3) is 22.6 Å². The highest BCUT2D eigenvalue weighted by atomic mass is 32.2. The van der Waals surface area contributed by atoms with Gasteiger partial charge in [-0.15, -0.1) is 0 Å². The van der Waals surface area contributed by atoms with E-state index in [9.17, 15) is 8.42 Å². The number of fused-ring (bicyclic) bond motifs is 1. The summed E-state index contributed by atoms with van der Waals surface area (Å²) < 4.78 is 29.4. The molecule has 0 atom stereocenters. The molecule has 0 amide bonds. The van der Waals surface area contributed by atoms with Gasteiger partial charge in [-0.3, -0.25) is 4.72 Å². The van der Waals surface area contributed by atoms with Crippen LogP contribution in [0.3, 0.4) is 0 Å². The average Bonchev–Trinajstić information content (AvgIpc) is 3.20. The molecule has 0 aliphatic carbocycles. The van der Waals surface area contributed by atoms with Crippen LogP contribution in [0.5, 0.6) is 0 Å². The van der Waals surface area contributed by atoms with Crippen molar-refractivity contribution in [3.8, 4) is 11.5 Å². The zero-order valence-electron chi connectivity index (χ0n) is 13.5. The Morgan fingerprint density at radius 3 is 2.56 bits per heavy atom. The molecule has 2 aromatic heterocycles. The minimum absolute atomic E-state index is 0.226. The Morgan fingerprint density at radius 1 is 1.04 bits per heavy atom. The Morgan fingerprint density at radius 2 is 1.84 bits per heavy atom. The number of sulfonamides is 1. The Bertz CT molecular complexity index is 1140. The van der Waals surface area contributed by atoms with Gasteiger partial charge in [-0.05, 0) is 42.5 Å². The Hall–Kier alpha value is -3.06. The summed E-state index contributed by atoms with van der Waals surface area (Å²) in [5, 5.41) is 0. The van der Waals surface area contributed by atoms with Crippen LogP contribution in [0.15, 0.2) is 71.8 Å². The number of hydrogen-bond acceptors (Lipinski definition) is 3. The van der Waals surface area contributed by atoms with E-state index in [4.69, 9.17) is 0 Å². The molecule has 4 rings (SSSR count). The van der Waals surface area contributed by atoms with Gasteiger partial charge in [0.05, 0.1) is 27.3 Å². The lowest BCUT2D eigenvalue weighted by molar-refractivity contribution is 0.601. The van der Waals surface area contributed by atoms with Gasteiger partial charge in [0, 0.05) is 13.2 Å². The summed E-state index contributed by atoms with van der Waals surface area (Å²) in [5.74, 6) is 0.741. The number of nitrogens with zero attached hydrogens (tertiary/aromatic N) is 2. The number of H-pyrrole nitrogens is 1. The highest BCUT2D eigenvalue weighted by Crippen LogP contribution is 2.24. The molecule has 2 aromatic carbocycles. The van der Waals surface area contributed by atoms with Gasteiger partial charge < -0.3 is 9.55 Å². The lowest BCUT2D eigenvalue weighted by Crippen LogP contribution is -2.12. The molecule has 7 heteroatoms. The number of hydrogen-bond donors (Lipinski definition) is 2. The highest BCUT2D eigenvalue weighted by Gasteiger charge is 2.14. The van der Waals surface area contributed by atoms with Crippen molar-refractivity contribution in [3.63, 3.8) is 0 Å². The zero-order chi connectivity index (χ0) is 17.4. The minimum atomic E-state index is -3.61. The largest absolute Gasteiger partial charge is 0.348 e. The summed E-state index contributed by atoms with van der Waals surface area (Å²) >= 11 is 0. The van der Waals surface area contributed by atoms with Crippen molar-refractivity contribution >= 4 is 26.7 Å². The van der Waals surface area contributed by atoms with E-state index in [0.717, 1.165) is 22.6 Å². The molecule has 126 valence electrons. The fraction of sp³-hybridized carbons (Fsp3) is 0.0556. The quantitative estimate of drug-likeness (QED) is 0.591. The third-order valence-corrected chi connectivity index (χ3v) is 5.37.